The van der Waals surface area contributed by atoms with E-state index in [-0.39, 0.29) is 17.4 Å². The Hall–Kier alpha value is -2.44. The number of likely N-dealkylation sites (tertiary alicyclic amines) is 1. The molecule has 0 spiro atoms. The summed E-state index contributed by atoms with van der Waals surface area (Å²) < 4.78 is 37.9. The average molecular weight is 350 g/mol. The molecule has 1 fully saturated rings. The minimum Gasteiger partial charge on any atom is -0.444 e. The number of benzene rings is 1. The zero-order valence-electron chi connectivity index (χ0n) is 14.4. The highest BCUT2D eigenvalue weighted by Crippen LogP contribution is 2.35. The number of rotatable bonds is 2. The van der Waals surface area contributed by atoms with Gasteiger partial charge in [0.15, 0.2) is 5.76 Å². The lowest BCUT2D eigenvalue weighted by Crippen LogP contribution is -2.36. The van der Waals surface area contributed by atoms with Crippen LogP contribution in [0.2, 0.25) is 0 Å². The van der Waals surface area contributed by atoms with E-state index in [1.165, 1.54) is 0 Å². The Morgan fingerprint density at radius 1 is 1.32 bits per heavy atom. The molecule has 1 aromatic carbocycles. The van der Waals surface area contributed by atoms with Crippen molar-refractivity contribution in [3.8, 4) is 11.3 Å². The number of amides is 1. The van der Waals surface area contributed by atoms with Gasteiger partial charge in [0.1, 0.15) is 22.9 Å². The van der Waals surface area contributed by atoms with Gasteiger partial charge in [-0.1, -0.05) is 5.16 Å². The second-order valence-electron chi connectivity index (χ2n) is 7.07. The van der Waals surface area contributed by atoms with Crippen LogP contribution in [0.4, 0.5) is 13.6 Å². The third kappa shape index (κ3) is 3.81. The Kier molecular flexibility index (Phi) is 4.49. The summed E-state index contributed by atoms with van der Waals surface area (Å²) in [5.41, 5.74) is -0.0910. The summed E-state index contributed by atoms with van der Waals surface area (Å²) in [4.78, 5) is 13.9. The summed E-state index contributed by atoms with van der Waals surface area (Å²) in [5, 5.41) is 3.96. The minimum absolute atomic E-state index is 0.000523. The van der Waals surface area contributed by atoms with Crippen LogP contribution in [0, 0.1) is 11.6 Å². The quantitative estimate of drug-likeness (QED) is 0.788. The van der Waals surface area contributed by atoms with Crippen molar-refractivity contribution in [2.45, 2.75) is 45.3 Å². The molecule has 7 heteroatoms. The molecule has 0 radical (unpaired) electrons. The second kappa shape index (κ2) is 6.46. The SMILES string of the molecule is CC(C)(C)OC(=O)N1CCCC1c1cc(-c2cc(F)ccc2F)on1. The van der Waals surface area contributed by atoms with E-state index >= 15 is 0 Å². The van der Waals surface area contributed by atoms with E-state index in [4.69, 9.17) is 9.26 Å². The predicted octanol–water partition coefficient (Wildman–Crippen LogP) is 4.69. The van der Waals surface area contributed by atoms with Crippen LogP contribution in [0.15, 0.2) is 28.8 Å². The van der Waals surface area contributed by atoms with Crippen LogP contribution in [-0.2, 0) is 4.74 Å². The van der Waals surface area contributed by atoms with Gasteiger partial charge >= 0.3 is 6.09 Å². The Balaban J connectivity index is 1.84. The lowest BCUT2D eigenvalue weighted by atomic mass is 10.1. The molecule has 134 valence electrons. The molecule has 25 heavy (non-hydrogen) atoms. The van der Waals surface area contributed by atoms with Crippen molar-refractivity contribution in [1.82, 2.24) is 10.1 Å². The molecule has 1 aliphatic heterocycles. The van der Waals surface area contributed by atoms with Crippen molar-refractivity contribution in [2.24, 2.45) is 0 Å². The molecule has 0 saturated carbocycles. The fraction of sp³-hybridized carbons (Fsp3) is 0.444. The van der Waals surface area contributed by atoms with Gasteiger partial charge in [-0.15, -0.1) is 0 Å². The van der Waals surface area contributed by atoms with Gasteiger partial charge in [-0.3, -0.25) is 4.90 Å². The smallest absolute Gasteiger partial charge is 0.410 e. The number of hydrogen-bond donors (Lipinski definition) is 0. The van der Waals surface area contributed by atoms with E-state index in [0.717, 1.165) is 24.6 Å². The van der Waals surface area contributed by atoms with Gasteiger partial charge in [0.2, 0.25) is 0 Å². The van der Waals surface area contributed by atoms with Gasteiger partial charge in [0.25, 0.3) is 0 Å². The zero-order valence-corrected chi connectivity index (χ0v) is 14.4. The van der Waals surface area contributed by atoms with Crippen molar-refractivity contribution < 1.29 is 22.8 Å². The fourth-order valence-electron chi connectivity index (χ4n) is 2.87. The van der Waals surface area contributed by atoms with E-state index in [9.17, 15) is 13.6 Å². The maximum atomic E-state index is 13.9. The summed E-state index contributed by atoms with van der Waals surface area (Å²) in [6.45, 7) is 5.96. The minimum atomic E-state index is -0.598. The molecular formula is C18H20F2N2O3. The van der Waals surface area contributed by atoms with Crippen molar-refractivity contribution in [3.05, 3.63) is 41.6 Å². The summed E-state index contributed by atoms with van der Waals surface area (Å²) in [7, 11) is 0. The highest BCUT2D eigenvalue weighted by atomic mass is 19.1. The summed E-state index contributed by atoms with van der Waals surface area (Å²) in [5.74, 6) is -1.03. The van der Waals surface area contributed by atoms with E-state index in [1.807, 2.05) is 0 Å². The van der Waals surface area contributed by atoms with Gasteiger partial charge in [0, 0.05) is 12.6 Å². The van der Waals surface area contributed by atoms with Gasteiger partial charge in [-0.2, -0.15) is 0 Å². The van der Waals surface area contributed by atoms with Crippen LogP contribution in [0.3, 0.4) is 0 Å². The molecular weight excluding hydrogens is 330 g/mol. The van der Waals surface area contributed by atoms with Crippen molar-refractivity contribution >= 4 is 6.09 Å². The zero-order chi connectivity index (χ0) is 18.2. The lowest BCUT2D eigenvalue weighted by Gasteiger charge is -2.27. The van der Waals surface area contributed by atoms with Crippen LogP contribution >= 0.6 is 0 Å². The highest BCUT2D eigenvalue weighted by Gasteiger charge is 2.35. The van der Waals surface area contributed by atoms with E-state index in [2.05, 4.69) is 5.16 Å². The molecule has 1 unspecified atom stereocenters. The molecule has 0 bridgehead atoms. The topological polar surface area (TPSA) is 55.6 Å². The van der Waals surface area contributed by atoms with Gasteiger partial charge in [-0.05, 0) is 51.8 Å². The number of ether oxygens (including phenoxy) is 1. The molecule has 2 heterocycles. The highest BCUT2D eigenvalue weighted by molar-refractivity contribution is 5.69. The Morgan fingerprint density at radius 2 is 2.08 bits per heavy atom. The third-order valence-electron chi connectivity index (χ3n) is 3.94. The number of hydrogen-bond acceptors (Lipinski definition) is 4. The Morgan fingerprint density at radius 3 is 2.80 bits per heavy atom. The summed E-state index contributed by atoms with van der Waals surface area (Å²) in [6.07, 6.45) is 1.09. The first-order valence-electron chi connectivity index (χ1n) is 8.16. The van der Waals surface area contributed by atoms with Crippen molar-refractivity contribution in [1.29, 1.82) is 0 Å². The average Bonchev–Trinajstić information content (AvgIpc) is 3.15. The van der Waals surface area contributed by atoms with E-state index < -0.39 is 23.3 Å². The maximum absolute atomic E-state index is 13.9. The molecule has 1 atom stereocenters. The van der Waals surface area contributed by atoms with Gasteiger partial charge in [0.05, 0.1) is 11.6 Å². The lowest BCUT2D eigenvalue weighted by molar-refractivity contribution is 0.0219. The fourth-order valence-corrected chi connectivity index (χ4v) is 2.87. The first-order chi connectivity index (χ1) is 11.7. The summed E-state index contributed by atoms with van der Waals surface area (Å²) in [6, 6.07) is 4.38. The van der Waals surface area contributed by atoms with Crippen LogP contribution in [0.5, 0.6) is 0 Å². The molecule has 1 saturated heterocycles. The largest absolute Gasteiger partial charge is 0.444 e. The molecule has 3 rings (SSSR count). The molecule has 5 nitrogen and oxygen atoms in total. The predicted molar refractivity (Wildman–Crippen MR) is 86.8 cm³/mol. The number of aromatic nitrogens is 1. The number of halogens is 2. The molecule has 2 aromatic rings. The van der Waals surface area contributed by atoms with Crippen molar-refractivity contribution in [3.63, 3.8) is 0 Å². The van der Waals surface area contributed by atoms with E-state index in [1.54, 1.807) is 31.7 Å². The van der Waals surface area contributed by atoms with Crippen LogP contribution < -0.4 is 0 Å². The van der Waals surface area contributed by atoms with Crippen LogP contribution in [-0.4, -0.2) is 28.3 Å². The number of carbonyl (C=O) groups excluding carboxylic acids is 1. The first kappa shape index (κ1) is 17.4. The number of carbonyl (C=O) groups is 1. The Labute approximate surface area is 144 Å². The summed E-state index contributed by atoms with van der Waals surface area (Å²) >= 11 is 0. The van der Waals surface area contributed by atoms with Crippen LogP contribution in [0.1, 0.15) is 45.3 Å². The first-order valence-corrected chi connectivity index (χ1v) is 8.16. The van der Waals surface area contributed by atoms with Crippen molar-refractivity contribution in [2.75, 3.05) is 6.54 Å². The van der Waals surface area contributed by atoms with Gasteiger partial charge in [-0.25, -0.2) is 13.6 Å². The number of nitrogens with zero attached hydrogens (tertiary/aromatic N) is 2. The third-order valence-corrected chi connectivity index (χ3v) is 3.94. The molecule has 1 aromatic heterocycles. The molecule has 1 amide bonds. The Bertz CT molecular complexity index is 783. The normalized spacial score (nSPS) is 17.8. The van der Waals surface area contributed by atoms with Gasteiger partial charge < -0.3 is 9.26 Å². The molecule has 0 N–H and O–H groups in total. The standard InChI is InChI=1S/C18H20F2N2O3/c1-18(2,3)24-17(23)22-8-4-5-15(22)14-10-16(25-21-14)12-9-11(19)6-7-13(12)20/h6-7,9-10,15H,4-5,8H2,1-3H3. The monoisotopic (exact) mass is 350 g/mol. The van der Waals surface area contributed by atoms with E-state index in [0.29, 0.717) is 18.7 Å². The molecule has 1 aliphatic rings. The maximum Gasteiger partial charge on any atom is 0.410 e. The molecule has 0 aliphatic carbocycles. The second-order valence-corrected chi connectivity index (χ2v) is 7.07. The van der Waals surface area contributed by atoms with Crippen LogP contribution in [0.25, 0.3) is 11.3 Å².